The van der Waals surface area contributed by atoms with E-state index < -0.39 is 17.8 Å². The summed E-state index contributed by atoms with van der Waals surface area (Å²) in [4.78, 5) is 38.0. The van der Waals surface area contributed by atoms with Gasteiger partial charge in [0.1, 0.15) is 0 Å². The Hall–Kier alpha value is -2.63. The predicted octanol–water partition coefficient (Wildman–Crippen LogP) is 2.51. The lowest BCUT2D eigenvalue weighted by molar-refractivity contribution is -0.148. The maximum Gasteiger partial charge on any atom is 0.307 e. The van der Waals surface area contributed by atoms with E-state index >= 15 is 0 Å². The summed E-state index contributed by atoms with van der Waals surface area (Å²) in [5.41, 5.74) is 1.81. The highest BCUT2D eigenvalue weighted by molar-refractivity contribution is 5.95. The Morgan fingerprint density at radius 3 is 2.41 bits per heavy atom. The molecule has 27 heavy (non-hydrogen) atoms. The third-order valence-corrected chi connectivity index (χ3v) is 6.18. The number of allylic oxidation sites excluding steroid dienone is 2. The SMILES string of the molecule is C[C@H](NC(=O)[C@@H]1[C@H](C(=O)O)[C@H]2C=C[C@H]1C2)c1ccc(N2CCCC2=O)cc1. The summed E-state index contributed by atoms with van der Waals surface area (Å²) in [5, 5.41) is 12.5. The van der Waals surface area contributed by atoms with Crippen LogP contribution in [-0.2, 0) is 14.4 Å². The number of carbonyl (C=O) groups excluding carboxylic acids is 2. The number of aliphatic carboxylic acids is 1. The molecule has 5 atom stereocenters. The number of nitrogens with one attached hydrogen (secondary N) is 1. The van der Waals surface area contributed by atoms with Gasteiger partial charge >= 0.3 is 5.97 Å². The van der Waals surface area contributed by atoms with Gasteiger partial charge in [0.2, 0.25) is 11.8 Å². The summed E-state index contributed by atoms with van der Waals surface area (Å²) in [6.07, 6.45) is 6.16. The average Bonchev–Trinajstić information content (AvgIpc) is 3.37. The molecule has 2 fully saturated rings. The molecule has 0 spiro atoms. The predicted molar refractivity (Wildman–Crippen MR) is 99.9 cm³/mol. The van der Waals surface area contributed by atoms with Crippen LogP contribution in [0.4, 0.5) is 5.69 Å². The van der Waals surface area contributed by atoms with Crippen molar-refractivity contribution in [3.63, 3.8) is 0 Å². The Morgan fingerprint density at radius 1 is 1.15 bits per heavy atom. The van der Waals surface area contributed by atoms with Gasteiger partial charge in [-0.1, -0.05) is 24.3 Å². The normalized spacial score (nSPS) is 30.0. The van der Waals surface area contributed by atoms with Crippen LogP contribution in [0.25, 0.3) is 0 Å². The number of benzene rings is 1. The number of hydrogen-bond donors (Lipinski definition) is 2. The van der Waals surface area contributed by atoms with Crippen molar-refractivity contribution in [2.75, 3.05) is 11.4 Å². The second-order valence-electron chi connectivity index (χ2n) is 7.81. The highest BCUT2D eigenvalue weighted by atomic mass is 16.4. The molecule has 0 aromatic heterocycles. The molecule has 1 heterocycles. The number of anilines is 1. The van der Waals surface area contributed by atoms with E-state index in [4.69, 9.17) is 0 Å². The lowest BCUT2D eigenvalue weighted by Gasteiger charge is -2.26. The molecule has 1 aromatic carbocycles. The van der Waals surface area contributed by atoms with Gasteiger partial charge in [-0.15, -0.1) is 0 Å². The van der Waals surface area contributed by atoms with E-state index in [2.05, 4.69) is 5.32 Å². The molecule has 3 aliphatic rings. The van der Waals surface area contributed by atoms with E-state index in [1.807, 2.05) is 43.3 Å². The molecule has 2 bridgehead atoms. The zero-order chi connectivity index (χ0) is 19.1. The van der Waals surface area contributed by atoms with E-state index in [9.17, 15) is 19.5 Å². The van der Waals surface area contributed by atoms with E-state index in [-0.39, 0.29) is 29.7 Å². The van der Waals surface area contributed by atoms with Crippen molar-refractivity contribution in [1.29, 1.82) is 0 Å². The molecule has 1 aliphatic heterocycles. The molecule has 2 amide bonds. The maximum atomic E-state index is 12.8. The van der Waals surface area contributed by atoms with Gasteiger partial charge in [-0.25, -0.2) is 0 Å². The summed E-state index contributed by atoms with van der Waals surface area (Å²) in [6.45, 7) is 2.64. The quantitative estimate of drug-likeness (QED) is 0.782. The highest BCUT2D eigenvalue weighted by Crippen LogP contribution is 2.48. The molecular formula is C21H24N2O4. The van der Waals surface area contributed by atoms with Gasteiger partial charge in [-0.3, -0.25) is 14.4 Å². The Kier molecular flexibility index (Phi) is 4.50. The summed E-state index contributed by atoms with van der Waals surface area (Å²) in [7, 11) is 0. The fourth-order valence-electron chi connectivity index (χ4n) is 4.77. The van der Waals surface area contributed by atoms with Crippen molar-refractivity contribution in [2.24, 2.45) is 23.7 Å². The zero-order valence-electron chi connectivity index (χ0n) is 15.3. The van der Waals surface area contributed by atoms with E-state index in [1.165, 1.54) is 0 Å². The highest BCUT2D eigenvalue weighted by Gasteiger charge is 2.51. The Morgan fingerprint density at radius 2 is 1.81 bits per heavy atom. The second kappa shape index (κ2) is 6.83. The summed E-state index contributed by atoms with van der Waals surface area (Å²) in [6, 6.07) is 7.42. The lowest BCUT2D eigenvalue weighted by Crippen LogP contribution is -2.41. The number of carboxylic acid groups (broad SMARTS) is 1. The summed E-state index contributed by atoms with van der Waals surface area (Å²) in [5.74, 6) is -2.07. The number of rotatable bonds is 5. The fraction of sp³-hybridized carbons (Fsp3) is 0.476. The van der Waals surface area contributed by atoms with Gasteiger partial charge in [-0.05, 0) is 49.3 Å². The van der Waals surface area contributed by atoms with Crippen molar-refractivity contribution in [3.8, 4) is 0 Å². The van der Waals surface area contributed by atoms with Crippen LogP contribution >= 0.6 is 0 Å². The molecule has 1 saturated carbocycles. The van der Waals surface area contributed by atoms with Crippen LogP contribution in [0, 0.1) is 23.7 Å². The maximum absolute atomic E-state index is 12.8. The zero-order valence-corrected chi connectivity index (χ0v) is 15.3. The first-order valence-electron chi connectivity index (χ1n) is 9.57. The van der Waals surface area contributed by atoms with E-state index in [0.29, 0.717) is 6.42 Å². The minimum atomic E-state index is -0.890. The van der Waals surface area contributed by atoms with Gasteiger partial charge in [0.05, 0.1) is 17.9 Å². The first kappa shape index (κ1) is 17.8. The monoisotopic (exact) mass is 368 g/mol. The minimum Gasteiger partial charge on any atom is -0.481 e. The molecule has 1 saturated heterocycles. The van der Waals surface area contributed by atoms with E-state index in [1.54, 1.807) is 4.90 Å². The standard InChI is InChI=1S/C21H24N2O4/c1-12(13-6-8-16(9-7-13)23-10-2-3-17(23)24)22-20(25)18-14-4-5-15(11-14)19(18)21(26)27/h4-9,12,14-15,18-19H,2-3,10-11H2,1H3,(H,22,25)(H,26,27)/t12-,14-,15-,18-,19+/m0/s1. The van der Waals surface area contributed by atoms with Crippen LogP contribution in [-0.4, -0.2) is 29.4 Å². The van der Waals surface area contributed by atoms with Crippen LogP contribution < -0.4 is 10.2 Å². The molecule has 0 radical (unpaired) electrons. The fourth-order valence-corrected chi connectivity index (χ4v) is 4.77. The van der Waals surface area contributed by atoms with Crippen molar-refractivity contribution in [1.82, 2.24) is 5.32 Å². The van der Waals surface area contributed by atoms with Crippen LogP contribution in [0.1, 0.15) is 37.8 Å². The lowest BCUT2D eigenvalue weighted by atomic mass is 9.82. The molecule has 4 rings (SSSR count). The number of fused-ring (bicyclic) bond motifs is 2. The van der Waals surface area contributed by atoms with Crippen LogP contribution in [0.15, 0.2) is 36.4 Å². The largest absolute Gasteiger partial charge is 0.481 e. The molecule has 142 valence electrons. The molecule has 6 nitrogen and oxygen atoms in total. The summed E-state index contributed by atoms with van der Waals surface area (Å²) >= 11 is 0. The number of amides is 2. The first-order chi connectivity index (χ1) is 13.0. The van der Waals surface area contributed by atoms with Crippen molar-refractivity contribution < 1.29 is 19.5 Å². The minimum absolute atomic E-state index is 0.0202. The van der Waals surface area contributed by atoms with Gasteiger partial charge < -0.3 is 15.3 Å². The summed E-state index contributed by atoms with van der Waals surface area (Å²) < 4.78 is 0. The third kappa shape index (κ3) is 3.13. The number of nitrogens with zero attached hydrogens (tertiary/aromatic N) is 1. The number of carboxylic acids is 1. The van der Waals surface area contributed by atoms with Crippen LogP contribution in [0.3, 0.4) is 0 Å². The third-order valence-electron chi connectivity index (χ3n) is 6.18. The number of carbonyl (C=O) groups is 3. The number of hydrogen-bond acceptors (Lipinski definition) is 3. The molecule has 2 N–H and O–H groups in total. The molecule has 1 aromatic rings. The first-order valence-corrected chi connectivity index (χ1v) is 9.57. The van der Waals surface area contributed by atoms with Crippen molar-refractivity contribution in [3.05, 3.63) is 42.0 Å². The smallest absolute Gasteiger partial charge is 0.307 e. The average molecular weight is 368 g/mol. The Bertz CT molecular complexity index is 801. The molecule has 2 aliphatic carbocycles. The van der Waals surface area contributed by atoms with Gasteiger partial charge in [0, 0.05) is 18.7 Å². The van der Waals surface area contributed by atoms with Crippen molar-refractivity contribution >= 4 is 23.5 Å². The molecule has 6 heteroatoms. The topological polar surface area (TPSA) is 86.7 Å². The Balaban J connectivity index is 1.43. The van der Waals surface area contributed by atoms with E-state index in [0.717, 1.165) is 30.6 Å². The molecular weight excluding hydrogens is 344 g/mol. The van der Waals surface area contributed by atoms with Gasteiger partial charge in [0.25, 0.3) is 0 Å². The Labute approximate surface area is 158 Å². The van der Waals surface area contributed by atoms with Gasteiger partial charge in [0.15, 0.2) is 0 Å². The van der Waals surface area contributed by atoms with Crippen LogP contribution in [0.2, 0.25) is 0 Å². The second-order valence-corrected chi connectivity index (χ2v) is 7.81. The van der Waals surface area contributed by atoms with Crippen LogP contribution in [0.5, 0.6) is 0 Å². The molecule has 0 unspecified atom stereocenters. The van der Waals surface area contributed by atoms with Crippen molar-refractivity contribution in [2.45, 2.75) is 32.2 Å². The van der Waals surface area contributed by atoms with Gasteiger partial charge in [-0.2, -0.15) is 0 Å².